The van der Waals surface area contributed by atoms with Crippen LogP contribution in [0, 0.1) is 0 Å². The van der Waals surface area contributed by atoms with E-state index in [1.165, 1.54) is 0 Å². The molecular weight excluding hydrogens is 379 g/mol. The third-order valence-corrected chi connectivity index (χ3v) is 5.18. The number of rotatable bonds is 3. The Morgan fingerprint density at radius 2 is 1.64 bits per heavy atom. The second-order valence-electron chi connectivity index (χ2n) is 6.27. The highest BCUT2D eigenvalue weighted by atomic mass is 35.5. The number of nitrogens with zero attached hydrogens (tertiary/aromatic N) is 4. The van der Waals surface area contributed by atoms with Gasteiger partial charge in [-0.2, -0.15) is 0 Å². The summed E-state index contributed by atoms with van der Waals surface area (Å²) in [4.78, 5) is 11.8. The smallest absolute Gasteiger partial charge is 0.160 e. The van der Waals surface area contributed by atoms with Gasteiger partial charge in [-0.1, -0.05) is 34.8 Å². The minimum absolute atomic E-state index is 0.470. The average Bonchev–Trinajstić information content (AvgIpc) is 2.84. The van der Waals surface area contributed by atoms with Crippen LogP contribution in [0.25, 0.3) is 33.1 Å². The number of halogens is 3. The third kappa shape index (κ3) is 2.93. The van der Waals surface area contributed by atoms with E-state index in [4.69, 9.17) is 44.8 Å². The molecular formula is C18H15Cl3N4. The summed E-state index contributed by atoms with van der Waals surface area (Å²) in [6.45, 7) is 1.69. The number of hydrogen-bond donors (Lipinski definition) is 0. The summed E-state index contributed by atoms with van der Waals surface area (Å²) in [6.07, 6.45) is 0. The summed E-state index contributed by atoms with van der Waals surface area (Å²) in [6, 6.07) is 9.35. The summed E-state index contributed by atoms with van der Waals surface area (Å²) < 4.78 is 2.18. The summed E-state index contributed by atoms with van der Waals surface area (Å²) in [5.74, 6) is 0. The molecule has 0 amide bonds. The van der Waals surface area contributed by atoms with Gasteiger partial charge in [-0.3, -0.25) is 0 Å². The number of fused-ring (bicyclic) bond motifs is 4. The molecule has 4 nitrogen and oxygen atoms in total. The van der Waals surface area contributed by atoms with Crippen LogP contribution < -0.4 is 0 Å². The van der Waals surface area contributed by atoms with E-state index in [-0.39, 0.29) is 0 Å². The van der Waals surface area contributed by atoms with Gasteiger partial charge in [0.05, 0.1) is 26.6 Å². The van der Waals surface area contributed by atoms with Crippen LogP contribution in [0.2, 0.25) is 15.1 Å². The van der Waals surface area contributed by atoms with Gasteiger partial charge in [-0.15, -0.1) is 0 Å². The summed E-state index contributed by atoms with van der Waals surface area (Å²) >= 11 is 18.5. The van der Waals surface area contributed by atoms with Crippen LogP contribution in [0.5, 0.6) is 0 Å². The summed E-state index contributed by atoms with van der Waals surface area (Å²) in [5, 5.41) is 2.61. The van der Waals surface area contributed by atoms with Crippen LogP contribution in [0.3, 0.4) is 0 Å². The molecule has 2 aromatic carbocycles. The molecule has 2 heterocycles. The summed E-state index contributed by atoms with van der Waals surface area (Å²) in [7, 11) is 4.10. The second kappa shape index (κ2) is 6.29. The standard InChI is InChI=1S/C18H15Cl3N4/c1-24(2)5-6-25-16-4-3-10(19)7-11(16)17-18(25)23-15-9-13(21)12(20)8-14(15)22-17/h3-4,7-9H,5-6H2,1-2H3. The molecule has 0 unspecified atom stereocenters. The van der Waals surface area contributed by atoms with Crippen LogP contribution in [-0.2, 0) is 6.54 Å². The van der Waals surface area contributed by atoms with Crippen molar-refractivity contribution in [3.05, 3.63) is 45.4 Å². The van der Waals surface area contributed by atoms with Gasteiger partial charge in [0, 0.05) is 23.5 Å². The first-order chi connectivity index (χ1) is 11.9. The zero-order valence-corrected chi connectivity index (χ0v) is 16.0. The molecule has 0 aliphatic carbocycles. The van der Waals surface area contributed by atoms with Crippen LogP contribution in [0.15, 0.2) is 30.3 Å². The largest absolute Gasteiger partial charge is 0.323 e. The van der Waals surface area contributed by atoms with Crippen LogP contribution in [-0.4, -0.2) is 40.1 Å². The molecule has 25 heavy (non-hydrogen) atoms. The van der Waals surface area contributed by atoms with Crippen LogP contribution >= 0.6 is 34.8 Å². The predicted molar refractivity (Wildman–Crippen MR) is 106 cm³/mol. The fraction of sp³-hybridized carbons (Fsp3) is 0.222. The van der Waals surface area contributed by atoms with Crippen molar-refractivity contribution in [1.29, 1.82) is 0 Å². The van der Waals surface area contributed by atoms with Crippen molar-refractivity contribution in [1.82, 2.24) is 19.4 Å². The average molecular weight is 394 g/mol. The lowest BCUT2D eigenvalue weighted by molar-refractivity contribution is 0.389. The van der Waals surface area contributed by atoms with E-state index in [2.05, 4.69) is 9.47 Å². The van der Waals surface area contributed by atoms with Crippen LogP contribution in [0.4, 0.5) is 0 Å². The van der Waals surface area contributed by atoms with Gasteiger partial charge in [-0.25, -0.2) is 9.97 Å². The van der Waals surface area contributed by atoms with E-state index in [1.807, 2.05) is 32.3 Å². The molecule has 128 valence electrons. The normalized spacial score (nSPS) is 12.1. The van der Waals surface area contributed by atoms with Crippen molar-refractivity contribution in [2.24, 2.45) is 0 Å². The SMILES string of the molecule is CN(C)CCn1c2ccc(Cl)cc2c2nc3cc(Cl)c(Cl)cc3nc21. The first-order valence-electron chi connectivity index (χ1n) is 7.83. The number of likely N-dealkylation sites (N-methyl/N-ethyl adjacent to an activating group) is 1. The lowest BCUT2D eigenvalue weighted by Crippen LogP contribution is -2.18. The maximum atomic E-state index is 6.22. The maximum Gasteiger partial charge on any atom is 0.160 e. The van der Waals surface area contributed by atoms with Crippen molar-refractivity contribution < 1.29 is 0 Å². The van der Waals surface area contributed by atoms with E-state index in [0.717, 1.165) is 40.7 Å². The lowest BCUT2D eigenvalue weighted by Gasteiger charge is -2.12. The molecule has 0 fully saturated rings. The molecule has 0 N–H and O–H groups in total. The van der Waals surface area contributed by atoms with Gasteiger partial charge < -0.3 is 9.47 Å². The van der Waals surface area contributed by atoms with Crippen molar-refractivity contribution in [3.63, 3.8) is 0 Å². The van der Waals surface area contributed by atoms with Gasteiger partial charge >= 0.3 is 0 Å². The fourth-order valence-corrected chi connectivity index (χ4v) is 3.47. The third-order valence-electron chi connectivity index (χ3n) is 4.22. The Kier molecular flexibility index (Phi) is 4.24. The Morgan fingerprint density at radius 3 is 2.32 bits per heavy atom. The molecule has 0 aliphatic rings. The highest BCUT2D eigenvalue weighted by Gasteiger charge is 2.16. The first-order valence-corrected chi connectivity index (χ1v) is 8.96. The van der Waals surface area contributed by atoms with Gasteiger partial charge in [0.25, 0.3) is 0 Å². The van der Waals surface area contributed by atoms with E-state index < -0.39 is 0 Å². The van der Waals surface area contributed by atoms with E-state index in [0.29, 0.717) is 20.6 Å². The molecule has 0 saturated heterocycles. The van der Waals surface area contributed by atoms with Crippen molar-refractivity contribution in [3.8, 4) is 0 Å². The molecule has 2 aromatic heterocycles. The number of aromatic nitrogens is 3. The highest BCUT2D eigenvalue weighted by molar-refractivity contribution is 6.42. The molecule has 0 bridgehead atoms. The monoisotopic (exact) mass is 392 g/mol. The quantitative estimate of drug-likeness (QED) is 0.476. The summed E-state index contributed by atoms with van der Waals surface area (Å²) in [5.41, 5.74) is 4.15. The zero-order valence-electron chi connectivity index (χ0n) is 13.7. The van der Waals surface area contributed by atoms with E-state index in [1.54, 1.807) is 12.1 Å². The molecule has 4 rings (SSSR count). The van der Waals surface area contributed by atoms with Crippen LogP contribution in [0.1, 0.15) is 0 Å². The molecule has 7 heteroatoms. The predicted octanol–water partition coefficient (Wildman–Crippen LogP) is 5.26. The van der Waals surface area contributed by atoms with Gasteiger partial charge in [0.15, 0.2) is 5.65 Å². The van der Waals surface area contributed by atoms with E-state index >= 15 is 0 Å². The topological polar surface area (TPSA) is 34.0 Å². The van der Waals surface area contributed by atoms with Gasteiger partial charge in [0.2, 0.25) is 0 Å². The fourth-order valence-electron chi connectivity index (χ4n) is 2.99. The Morgan fingerprint density at radius 1 is 0.960 bits per heavy atom. The molecule has 0 radical (unpaired) electrons. The lowest BCUT2D eigenvalue weighted by atomic mass is 10.2. The Bertz CT molecular complexity index is 1120. The Balaban J connectivity index is 2.08. The minimum Gasteiger partial charge on any atom is -0.323 e. The zero-order chi connectivity index (χ0) is 17.7. The van der Waals surface area contributed by atoms with Gasteiger partial charge in [-0.05, 0) is 44.4 Å². The molecule has 0 spiro atoms. The Labute approximate surface area is 159 Å². The highest BCUT2D eigenvalue weighted by Crippen LogP contribution is 2.32. The minimum atomic E-state index is 0.470. The molecule has 0 saturated carbocycles. The van der Waals surface area contributed by atoms with E-state index in [9.17, 15) is 0 Å². The Hall–Kier alpha value is -1.59. The molecule has 0 atom stereocenters. The molecule has 0 aliphatic heterocycles. The van der Waals surface area contributed by atoms with Crippen molar-refractivity contribution >= 4 is 67.9 Å². The molecule has 4 aromatic rings. The number of benzene rings is 2. The van der Waals surface area contributed by atoms with Crippen molar-refractivity contribution in [2.45, 2.75) is 6.54 Å². The van der Waals surface area contributed by atoms with Gasteiger partial charge in [0.1, 0.15) is 5.52 Å². The van der Waals surface area contributed by atoms with Crippen molar-refractivity contribution in [2.75, 3.05) is 20.6 Å². The number of hydrogen-bond acceptors (Lipinski definition) is 3. The maximum absolute atomic E-state index is 6.22. The first kappa shape index (κ1) is 16.9. The second-order valence-corrected chi connectivity index (χ2v) is 7.52.